The maximum Gasteiger partial charge on any atom is 0.573 e. The second-order valence-electron chi connectivity index (χ2n) is 5.52. The first kappa shape index (κ1) is 19.2. The molecule has 11 heteroatoms. The topological polar surface area (TPSA) is 74.6 Å². The van der Waals surface area contributed by atoms with Crippen LogP contribution >= 0.6 is 0 Å². The molecule has 0 bridgehead atoms. The van der Waals surface area contributed by atoms with Crippen molar-refractivity contribution in [1.82, 2.24) is 15.4 Å². The van der Waals surface area contributed by atoms with Crippen LogP contribution in [-0.4, -0.2) is 21.8 Å². The molecule has 0 atom stereocenters. The number of nitriles is 1. The van der Waals surface area contributed by atoms with E-state index >= 15 is 0 Å². The van der Waals surface area contributed by atoms with E-state index in [1.165, 1.54) is 18.2 Å². The summed E-state index contributed by atoms with van der Waals surface area (Å²) in [7, 11) is 0. The van der Waals surface area contributed by atoms with Crippen molar-refractivity contribution in [3.8, 4) is 34.2 Å². The lowest BCUT2D eigenvalue weighted by molar-refractivity contribution is -0.274. The first-order valence-corrected chi connectivity index (χ1v) is 7.47. The molecule has 0 aliphatic carbocycles. The van der Waals surface area contributed by atoms with E-state index in [0.717, 1.165) is 24.3 Å². The summed E-state index contributed by atoms with van der Waals surface area (Å²) in [5.74, 6) is -0.580. The van der Waals surface area contributed by atoms with Gasteiger partial charge in [-0.05, 0) is 41.5 Å². The second-order valence-corrected chi connectivity index (χ2v) is 5.52. The van der Waals surface area contributed by atoms with Crippen LogP contribution in [0.4, 0.5) is 26.3 Å². The Morgan fingerprint density at radius 2 is 1.64 bits per heavy atom. The molecule has 0 spiro atoms. The standard InChI is InChI=1S/C17H8F6N4O/c18-16(19,20)12-5-10(4-11(6-12)15-14(8-24)25-27-26-15)9-2-1-3-13(7-9)28-17(21,22)23/h1-7H,(H,25,26,27). The Morgan fingerprint density at radius 1 is 0.929 bits per heavy atom. The van der Waals surface area contributed by atoms with Gasteiger partial charge in [-0.2, -0.15) is 18.4 Å². The van der Waals surface area contributed by atoms with Crippen molar-refractivity contribution in [2.75, 3.05) is 0 Å². The van der Waals surface area contributed by atoms with Gasteiger partial charge in [0.15, 0.2) is 5.69 Å². The highest BCUT2D eigenvalue weighted by Gasteiger charge is 2.33. The predicted octanol–water partition coefficient (Wildman–Crippen LogP) is 4.93. The van der Waals surface area contributed by atoms with E-state index in [-0.39, 0.29) is 28.1 Å². The van der Waals surface area contributed by atoms with Crippen LogP contribution in [0.5, 0.6) is 5.75 Å². The molecule has 0 aliphatic heterocycles. The number of hydrogen-bond acceptors (Lipinski definition) is 4. The molecule has 0 aliphatic rings. The molecule has 0 saturated heterocycles. The Morgan fingerprint density at radius 3 is 2.29 bits per heavy atom. The van der Waals surface area contributed by atoms with E-state index in [1.807, 2.05) is 0 Å². The highest BCUT2D eigenvalue weighted by molar-refractivity contribution is 5.75. The summed E-state index contributed by atoms with van der Waals surface area (Å²) >= 11 is 0. The molecule has 0 radical (unpaired) electrons. The largest absolute Gasteiger partial charge is 0.573 e. The number of H-pyrrole nitrogens is 1. The highest BCUT2D eigenvalue weighted by Crippen LogP contribution is 2.37. The molecular weight excluding hydrogens is 390 g/mol. The van der Waals surface area contributed by atoms with E-state index in [9.17, 15) is 26.3 Å². The third-order valence-corrected chi connectivity index (χ3v) is 3.60. The zero-order valence-corrected chi connectivity index (χ0v) is 13.6. The van der Waals surface area contributed by atoms with Crippen LogP contribution in [0.3, 0.4) is 0 Å². The van der Waals surface area contributed by atoms with Crippen LogP contribution in [0.1, 0.15) is 11.3 Å². The number of hydrogen-bond donors (Lipinski definition) is 1. The fraction of sp³-hybridized carbons (Fsp3) is 0.118. The van der Waals surface area contributed by atoms with Crippen molar-refractivity contribution in [3.63, 3.8) is 0 Å². The monoisotopic (exact) mass is 398 g/mol. The van der Waals surface area contributed by atoms with E-state index in [1.54, 1.807) is 6.07 Å². The fourth-order valence-corrected chi connectivity index (χ4v) is 2.48. The van der Waals surface area contributed by atoms with Crippen LogP contribution in [0.25, 0.3) is 22.4 Å². The van der Waals surface area contributed by atoms with Gasteiger partial charge in [-0.15, -0.1) is 18.3 Å². The van der Waals surface area contributed by atoms with Gasteiger partial charge in [-0.1, -0.05) is 17.3 Å². The third-order valence-electron chi connectivity index (χ3n) is 3.60. The zero-order valence-electron chi connectivity index (χ0n) is 13.6. The first-order valence-electron chi connectivity index (χ1n) is 7.47. The van der Waals surface area contributed by atoms with Crippen LogP contribution in [0.2, 0.25) is 0 Å². The maximum atomic E-state index is 13.3. The van der Waals surface area contributed by atoms with E-state index in [2.05, 4.69) is 20.1 Å². The van der Waals surface area contributed by atoms with Crippen LogP contribution in [-0.2, 0) is 6.18 Å². The average molecular weight is 398 g/mol. The molecule has 0 fully saturated rings. The minimum absolute atomic E-state index is 0.0376. The van der Waals surface area contributed by atoms with Crippen molar-refractivity contribution in [1.29, 1.82) is 5.26 Å². The Balaban J connectivity index is 2.15. The van der Waals surface area contributed by atoms with Crippen molar-refractivity contribution in [2.24, 2.45) is 0 Å². The predicted molar refractivity (Wildman–Crippen MR) is 83.7 cm³/mol. The highest BCUT2D eigenvalue weighted by atomic mass is 19.4. The van der Waals surface area contributed by atoms with Crippen LogP contribution in [0.15, 0.2) is 42.5 Å². The molecule has 28 heavy (non-hydrogen) atoms. The molecule has 2 aromatic carbocycles. The number of ether oxygens (including phenoxy) is 1. The molecule has 1 N–H and O–H groups in total. The van der Waals surface area contributed by atoms with Gasteiger partial charge < -0.3 is 4.74 Å². The molecular formula is C17H8F6N4O. The molecule has 1 aromatic heterocycles. The summed E-state index contributed by atoms with van der Waals surface area (Å²) in [5.41, 5.74) is -1.39. The molecule has 0 amide bonds. The average Bonchev–Trinajstić information content (AvgIpc) is 3.08. The smallest absolute Gasteiger partial charge is 0.406 e. The number of halogens is 6. The second kappa shape index (κ2) is 6.88. The quantitative estimate of drug-likeness (QED) is 0.635. The molecule has 5 nitrogen and oxygen atoms in total. The number of nitrogens with one attached hydrogen (secondary N) is 1. The molecule has 3 aromatic rings. The lowest BCUT2D eigenvalue weighted by Gasteiger charge is -2.13. The summed E-state index contributed by atoms with van der Waals surface area (Å²) in [6.45, 7) is 0. The van der Waals surface area contributed by atoms with Crippen LogP contribution in [0, 0.1) is 11.3 Å². The fourth-order valence-electron chi connectivity index (χ4n) is 2.48. The summed E-state index contributed by atoms with van der Waals surface area (Å²) in [6, 6.07) is 9.07. The van der Waals surface area contributed by atoms with Gasteiger partial charge in [0.05, 0.1) is 5.56 Å². The number of alkyl halides is 6. The summed E-state index contributed by atoms with van der Waals surface area (Å²) in [6.07, 6.45) is -9.68. The Bertz CT molecular complexity index is 1050. The summed E-state index contributed by atoms with van der Waals surface area (Å²) < 4.78 is 81.0. The van der Waals surface area contributed by atoms with Gasteiger partial charge >= 0.3 is 12.5 Å². The van der Waals surface area contributed by atoms with Crippen molar-refractivity contribution >= 4 is 0 Å². The number of benzene rings is 2. The van der Waals surface area contributed by atoms with Gasteiger partial charge in [0.25, 0.3) is 0 Å². The van der Waals surface area contributed by atoms with Gasteiger partial charge in [-0.3, -0.25) is 0 Å². The summed E-state index contributed by atoms with van der Waals surface area (Å²) in [4.78, 5) is 0. The number of aromatic nitrogens is 3. The number of aromatic amines is 1. The van der Waals surface area contributed by atoms with Crippen molar-refractivity contribution < 1.29 is 31.1 Å². The number of rotatable bonds is 3. The van der Waals surface area contributed by atoms with Crippen molar-refractivity contribution in [2.45, 2.75) is 12.5 Å². The lowest BCUT2D eigenvalue weighted by Crippen LogP contribution is -2.17. The van der Waals surface area contributed by atoms with Gasteiger partial charge in [0.1, 0.15) is 17.5 Å². The summed E-state index contributed by atoms with van der Waals surface area (Å²) in [5, 5.41) is 18.3. The van der Waals surface area contributed by atoms with Crippen molar-refractivity contribution in [3.05, 3.63) is 53.7 Å². The molecule has 0 saturated carbocycles. The normalized spacial score (nSPS) is 11.9. The van der Waals surface area contributed by atoms with Gasteiger partial charge in [0, 0.05) is 5.56 Å². The minimum atomic E-state index is -4.94. The lowest BCUT2D eigenvalue weighted by atomic mass is 9.97. The van der Waals surface area contributed by atoms with Gasteiger partial charge in [0.2, 0.25) is 0 Å². The Kier molecular flexibility index (Phi) is 4.72. The molecule has 3 rings (SSSR count). The van der Waals surface area contributed by atoms with E-state index < -0.39 is 23.9 Å². The number of nitrogens with zero attached hydrogens (tertiary/aromatic N) is 3. The third kappa shape index (κ3) is 4.22. The zero-order chi connectivity index (χ0) is 20.5. The Labute approximate surface area is 153 Å². The molecule has 0 unspecified atom stereocenters. The maximum absolute atomic E-state index is 13.3. The minimum Gasteiger partial charge on any atom is -0.406 e. The van der Waals surface area contributed by atoms with E-state index in [4.69, 9.17) is 5.26 Å². The first-order chi connectivity index (χ1) is 13.1. The SMILES string of the molecule is N#Cc1[nH]nnc1-c1cc(-c2cccc(OC(F)(F)F)c2)cc(C(F)(F)F)c1. The Hall–Kier alpha value is -3.55. The molecule has 1 heterocycles. The van der Waals surface area contributed by atoms with Gasteiger partial charge in [-0.25, -0.2) is 5.10 Å². The van der Waals surface area contributed by atoms with Crippen LogP contribution < -0.4 is 4.74 Å². The van der Waals surface area contributed by atoms with E-state index in [0.29, 0.717) is 0 Å². The molecule has 144 valence electrons.